The summed E-state index contributed by atoms with van der Waals surface area (Å²) in [6, 6.07) is 5.54. The molecule has 1 aromatic carbocycles. The van der Waals surface area contributed by atoms with Gasteiger partial charge in [-0.3, -0.25) is 20.0 Å². The molecule has 1 aliphatic heterocycles. The fourth-order valence-electron chi connectivity index (χ4n) is 3.32. The molecule has 28 heavy (non-hydrogen) atoms. The van der Waals surface area contributed by atoms with E-state index >= 15 is 0 Å². The van der Waals surface area contributed by atoms with Crippen molar-refractivity contribution in [3.63, 3.8) is 0 Å². The predicted molar refractivity (Wildman–Crippen MR) is 100 cm³/mol. The Kier molecular flexibility index (Phi) is 5.47. The van der Waals surface area contributed by atoms with Crippen LogP contribution in [0.1, 0.15) is 28.2 Å². The molecule has 3 rings (SSSR count). The Morgan fingerprint density at radius 3 is 2.61 bits per heavy atom. The third-order valence-electron chi connectivity index (χ3n) is 4.70. The number of rotatable bonds is 4. The van der Waals surface area contributed by atoms with E-state index in [2.05, 4.69) is 10.2 Å². The van der Waals surface area contributed by atoms with Crippen LogP contribution >= 0.6 is 0 Å². The third kappa shape index (κ3) is 3.76. The van der Waals surface area contributed by atoms with Gasteiger partial charge >= 0.3 is 0 Å². The van der Waals surface area contributed by atoms with Crippen molar-refractivity contribution >= 4 is 21.6 Å². The number of nitro groups is 1. The van der Waals surface area contributed by atoms with Crippen LogP contribution < -0.4 is 0 Å². The van der Waals surface area contributed by atoms with E-state index in [0.29, 0.717) is 24.4 Å². The maximum atomic E-state index is 13.0. The summed E-state index contributed by atoms with van der Waals surface area (Å²) in [5.41, 5.74) is 0.945. The summed E-state index contributed by atoms with van der Waals surface area (Å²) in [5.74, 6) is -0.348. The number of benzene rings is 1. The summed E-state index contributed by atoms with van der Waals surface area (Å²) in [6.45, 7) is 4.29. The Labute approximate surface area is 162 Å². The molecule has 1 aliphatic rings. The monoisotopic (exact) mass is 407 g/mol. The number of aryl methyl sites for hydroxylation is 2. The number of carbonyl (C=O) groups is 1. The quantitative estimate of drug-likeness (QED) is 0.603. The van der Waals surface area contributed by atoms with Gasteiger partial charge in [0, 0.05) is 43.9 Å². The number of hydrogen-bond acceptors (Lipinski definition) is 6. The van der Waals surface area contributed by atoms with E-state index in [-0.39, 0.29) is 41.7 Å². The molecule has 1 saturated heterocycles. The van der Waals surface area contributed by atoms with Gasteiger partial charge in [0.1, 0.15) is 4.90 Å². The summed E-state index contributed by atoms with van der Waals surface area (Å²) >= 11 is 0. The number of H-pyrrole nitrogens is 1. The molecular weight excluding hydrogens is 386 g/mol. The Morgan fingerprint density at radius 1 is 1.21 bits per heavy atom. The van der Waals surface area contributed by atoms with E-state index in [0.717, 1.165) is 0 Å². The molecule has 2 heterocycles. The number of aromatic amines is 1. The fraction of sp³-hybridized carbons (Fsp3) is 0.412. The smallest absolute Gasteiger partial charge is 0.270 e. The van der Waals surface area contributed by atoms with Gasteiger partial charge in [-0.25, -0.2) is 8.42 Å². The molecule has 150 valence electrons. The molecule has 0 aliphatic carbocycles. The molecule has 1 N–H and O–H groups in total. The lowest BCUT2D eigenvalue weighted by Crippen LogP contribution is -2.37. The van der Waals surface area contributed by atoms with Crippen molar-refractivity contribution in [2.24, 2.45) is 0 Å². The topological polar surface area (TPSA) is 130 Å². The number of sulfonamides is 1. The van der Waals surface area contributed by atoms with E-state index in [9.17, 15) is 23.3 Å². The van der Waals surface area contributed by atoms with Gasteiger partial charge in [0.05, 0.1) is 16.3 Å². The van der Waals surface area contributed by atoms with E-state index < -0.39 is 14.9 Å². The maximum absolute atomic E-state index is 13.0. The highest BCUT2D eigenvalue weighted by Crippen LogP contribution is 2.23. The number of hydrogen-bond donors (Lipinski definition) is 1. The van der Waals surface area contributed by atoms with Gasteiger partial charge < -0.3 is 4.90 Å². The first-order valence-electron chi connectivity index (χ1n) is 8.77. The minimum absolute atomic E-state index is 0.146. The normalized spacial score (nSPS) is 16.0. The lowest BCUT2D eigenvalue weighted by atomic mass is 10.1. The van der Waals surface area contributed by atoms with Crippen molar-refractivity contribution in [2.75, 3.05) is 26.2 Å². The molecule has 1 aromatic heterocycles. The minimum atomic E-state index is -3.72. The van der Waals surface area contributed by atoms with E-state index in [1.807, 2.05) is 0 Å². The van der Waals surface area contributed by atoms with Crippen molar-refractivity contribution in [2.45, 2.75) is 25.2 Å². The highest BCUT2D eigenvalue weighted by molar-refractivity contribution is 7.89. The Balaban J connectivity index is 1.77. The number of nitrogens with zero attached hydrogens (tertiary/aromatic N) is 4. The maximum Gasteiger partial charge on any atom is 0.270 e. The van der Waals surface area contributed by atoms with Crippen LogP contribution in [0, 0.1) is 24.0 Å². The molecule has 0 unspecified atom stereocenters. The fourth-order valence-corrected chi connectivity index (χ4v) is 5.12. The second-order valence-electron chi connectivity index (χ2n) is 6.62. The van der Waals surface area contributed by atoms with Gasteiger partial charge in [0.25, 0.3) is 11.6 Å². The Hall–Kier alpha value is -2.79. The summed E-state index contributed by atoms with van der Waals surface area (Å²) in [7, 11) is -3.72. The van der Waals surface area contributed by atoms with Crippen molar-refractivity contribution in [3.05, 3.63) is 51.3 Å². The number of aromatic nitrogens is 2. The summed E-state index contributed by atoms with van der Waals surface area (Å²) in [5, 5.41) is 17.6. The van der Waals surface area contributed by atoms with Crippen molar-refractivity contribution in [1.82, 2.24) is 19.4 Å². The second-order valence-corrected chi connectivity index (χ2v) is 8.50. The van der Waals surface area contributed by atoms with E-state index in [4.69, 9.17) is 0 Å². The molecule has 0 atom stereocenters. The first-order chi connectivity index (χ1) is 13.2. The zero-order chi connectivity index (χ0) is 20.5. The number of non-ortho nitro benzene ring substituents is 1. The average molecular weight is 407 g/mol. The first-order valence-corrected chi connectivity index (χ1v) is 10.2. The van der Waals surface area contributed by atoms with Crippen LogP contribution in [0.2, 0.25) is 0 Å². The van der Waals surface area contributed by atoms with E-state index in [1.165, 1.54) is 33.5 Å². The van der Waals surface area contributed by atoms with Gasteiger partial charge in [0.15, 0.2) is 0 Å². The largest absolute Gasteiger partial charge is 0.337 e. The average Bonchev–Trinajstić information content (AvgIpc) is 2.86. The highest BCUT2D eigenvalue weighted by atomic mass is 32.2. The van der Waals surface area contributed by atoms with Crippen LogP contribution in [0.5, 0.6) is 0 Å². The van der Waals surface area contributed by atoms with Crippen LogP contribution in [0.25, 0.3) is 0 Å². The van der Waals surface area contributed by atoms with Crippen LogP contribution in [-0.4, -0.2) is 64.8 Å². The zero-order valence-electron chi connectivity index (χ0n) is 15.6. The van der Waals surface area contributed by atoms with Crippen LogP contribution in [0.3, 0.4) is 0 Å². The van der Waals surface area contributed by atoms with Crippen LogP contribution in [-0.2, 0) is 10.0 Å². The summed E-state index contributed by atoms with van der Waals surface area (Å²) < 4.78 is 27.4. The minimum Gasteiger partial charge on any atom is -0.337 e. The summed E-state index contributed by atoms with van der Waals surface area (Å²) in [6.07, 6.45) is 0.468. The summed E-state index contributed by atoms with van der Waals surface area (Å²) in [4.78, 5) is 24.8. The molecule has 11 heteroatoms. The van der Waals surface area contributed by atoms with Gasteiger partial charge in [-0.15, -0.1) is 0 Å². The lowest BCUT2D eigenvalue weighted by molar-refractivity contribution is -0.384. The number of nitro benzene ring substituents is 1. The molecule has 1 amide bonds. The molecule has 1 fully saturated rings. The molecule has 2 aromatic rings. The standard InChI is InChI=1S/C17H21N5O5S/c1-12-16(13(2)19-18-12)28(26,27)21-8-4-7-20(9-10-21)17(23)14-5-3-6-15(11-14)22(24)25/h3,5-6,11H,4,7-10H2,1-2H3,(H,18,19). The van der Waals surface area contributed by atoms with Crippen LogP contribution in [0.15, 0.2) is 29.2 Å². The predicted octanol–water partition coefficient (Wildman–Crippen LogP) is 1.47. The van der Waals surface area contributed by atoms with E-state index in [1.54, 1.807) is 13.8 Å². The lowest BCUT2D eigenvalue weighted by Gasteiger charge is -2.22. The molecule has 0 saturated carbocycles. The number of amides is 1. The van der Waals surface area contributed by atoms with Gasteiger partial charge in [-0.2, -0.15) is 9.40 Å². The van der Waals surface area contributed by atoms with Gasteiger partial charge in [0.2, 0.25) is 10.0 Å². The second kappa shape index (κ2) is 7.68. The highest BCUT2D eigenvalue weighted by Gasteiger charge is 2.32. The van der Waals surface area contributed by atoms with Crippen molar-refractivity contribution in [1.29, 1.82) is 0 Å². The SMILES string of the molecule is Cc1n[nH]c(C)c1S(=O)(=O)N1CCCN(C(=O)c2cccc([N+](=O)[O-])c2)CC1. The first kappa shape index (κ1) is 20.0. The molecular formula is C17H21N5O5S. The molecule has 0 bridgehead atoms. The molecule has 10 nitrogen and oxygen atoms in total. The van der Waals surface area contributed by atoms with Crippen molar-refractivity contribution in [3.8, 4) is 0 Å². The number of nitrogens with one attached hydrogen (secondary N) is 1. The third-order valence-corrected chi connectivity index (χ3v) is 6.87. The Morgan fingerprint density at radius 2 is 1.96 bits per heavy atom. The van der Waals surface area contributed by atoms with Gasteiger partial charge in [-0.1, -0.05) is 6.07 Å². The molecule has 0 radical (unpaired) electrons. The zero-order valence-corrected chi connectivity index (χ0v) is 16.4. The molecule has 0 spiro atoms. The number of carbonyl (C=O) groups excluding carboxylic acids is 1. The van der Waals surface area contributed by atoms with Crippen molar-refractivity contribution < 1.29 is 18.1 Å². The van der Waals surface area contributed by atoms with Crippen LogP contribution in [0.4, 0.5) is 5.69 Å². The Bertz CT molecular complexity index is 997. The van der Waals surface area contributed by atoms with Gasteiger partial charge in [-0.05, 0) is 26.3 Å².